The first-order valence-corrected chi connectivity index (χ1v) is 7.37. The molecule has 0 spiro atoms. The van der Waals surface area contributed by atoms with E-state index < -0.39 is 0 Å². The topological polar surface area (TPSA) is 49.6 Å². The number of piperazine rings is 1. The molecule has 2 aliphatic rings. The minimum absolute atomic E-state index is 0.290. The van der Waals surface area contributed by atoms with Gasteiger partial charge in [-0.1, -0.05) is 31.2 Å². The number of carbonyl (C=O) groups is 1. The van der Waals surface area contributed by atoms with Crippen molar-refractivity contribution in [1.29, 1.82) is 0 Å². The average Bonchev–Trinajstić information content (AvgIpc) is 2.44. The van der Waals surface area contributed by atoms with Gasteiger partial charge in [0.25, 0.3) is 0 Å². The Balaban J connectivity index is 0.000000204. The third-order valence-corrected chi connectivity index (χ3v) is 3.40. The van der Waals surface area contributed by atoms with E-state index in [2.05, 4.69) is 30.2 Å². The smallest absolute Gasteiger partial charge is 0.222 e. The molecule has 1 aliphatic carbocycles. The Morgan fingerprint density at radius 2 is 1.80 bits per heavy atom. The van der Waals surface area contributed by atoms with Crippen LogP contribution in [0.25, 0.3) is 0 Å². The number of likely N-dealkylation sites (N-methyl/N-ethyl adjacent to an activating group) is 1. The molecule has 2 N–H and O–H groups in total. The average molecular weight is 277 g/mol. The summed E-state index contributed by atoms with van der Waals surface area (Å²) in [6.07, 6.45) is 12.9. The zero-order chi connectivity index (χ0) is 14.8. The zero-order valence-corrected chi connectivity index (χ0v) is 12.7. The highest BCUT2D eigenvalue weighted by Gasteiger charge is 2.16. The van der Waals surface area contributed by atoms with Crippen LogP contribution in [0.4, 0.5) is 0 Å². The maximum Gasteiger partial charge on any atom is 0.222 e. The number of hydrogen-bond donors (Lipinski definition) is 1. The number of hydrogen-bond acceptors (Lipinski definition) is 3. The Hall–Kier alpha value is -1.55. The number of nitrogens with two attached hydrogens (primary N) is 1. The first-order chi connectivity index (χ1) is 9.63. The number of nitrogens with zero attached hydrogens (tertiary/aromatic N) is 2. The lowest BCUT2D eigenvalue weighted by atomic mass is 10.2. The Kier molecular flexibility index (Phi) is 7.73. The van der Waals surface area contributed by atoms with Crippen LogP contribution in [-0.4, -0.2) is 48.9 Å². The van der Waals surface area contributed by atoms with Crippen LogP contribution >= 0.6 is 0 Å². The molecule has 1 amide bonds. The SMILES string of the molecule is CCC(=O)N1CCN(C)CC1.NC1=C/C/C=C\C/C=C\1. The van der Waals surface area contributed by atoms with Crippen LogP contribution in [0.15, 0.2) is 36.1 Å². The molecule has 0 aromatic heterocycles. The summed E-state index contributed by atoms with van der Waals surface area (Å²) >= 11 is 0. The van der Waals surface area contributed by atoms with E-state index in [-0.39, 0.29) is 5.91 Å². The first kappa shape index (κ1) is 16.5. The largest absolute Gasteiger partial charge is 0.399 e. The summed E-state index contributed by atoms with van der Waals surface area (Å²) in [5, 5.41) is 0. The molecule has 1 saturated heterocycles. The normalized spacial score (nSPS) is 25.3. The summed E-state index contributed by atoms with van der Waals surface area (Å²) in [5.74, 6) is 0.290. The van der Waals surface area contributed by atoms with Crippen LogP contribution in [0.2, 0.25) is 0 Å². The van der Waals surface area contributed by atoms with Gasteiger partial charge in [0.2, 0.25) is 5.91 Å². The maximum atomic E-state index is 11.2. The van der Waals surface area contributed by atoms with Crippen molar-refractivity contribution in [3.05, 3.63) is 36.1 Å². The van der Waals surface area contributed by atoms with E-state index in [0.29, 0.717) is 6.42 Å². The Morgan fingerprint density at radius 3 is 2.45 bits per heavy atom. The zero-order valence-electron chi connectivity index (χ0n) is 12.7. The van der Waals surface area contributed by atoms with Crippen LogP contribution < -0.4 is 5.73 Å². The van der Waals surface area contributed by atoms with Crippen molar-refractivity contribution in [1.82, 2.24) is 9.80 Å². The van der Waals surface area contributed by atoms with Crippen molar-refractivity contribution in [2.45, 2.75) is 26.2 Å². The van der Waals surface area contributed by atoms with Crippen LogP contribution in [0.1, 0.15) is 26.2 Å². The van der Waals surface area contributed by atoms with Gasteiger partial charge in [-0.15, -0.1) is 0 Å². The van der Waals surface area contributed by atoms with Crippen molar-refractivity contribution in [2.24, 2.45) is 5.73 Å². The highest BCUT2D eigenvalue weighted by atomic mass is 16.2. The first-order valence-electron chi connectivity index (χ1n) is 7.37. The summed E-state index contributed by atoms with van der Waals surface area (Å²) in [7, 11) is 2.09. The van der Waals surface area contributed by atoms with Crippen LogP contribution in [0.3, 0.4) is 0 Å². The van der Waals surface area contributed by atoms with Crippen molar-refractivity contribution in [3.8, 4) is 0 Å². The van der Waals surface area contributed by atoms with Gasteiger partial charge in [-0.05, 0) is 26.0 Å². The lowest BCUT2D eigenvalue weighted by Crippen LogP contribution is -2.46. The lowest BCUT2D eigenvalue weighted by Gasteiger charge is -2.32. The van der Waals surface area contributed by atoms with Crippen molar-refractivity contribution < 1.29 is 4.79 Å². The van der Waals surface area contributed by atoms with Crippen molar-refractivity contribution in [3.63, 3.8) is 0 Å². The standard InChI is InChI=1S/C8H16N2O.C8H11N/c1-3-8(11)10-6-4-9(2)5-7-10;9-8-6-4-2-1-3-5-7-8/h3-7H2,1-2H3;1-2,5-7H,3-4,9H2/b;2-1-,7-5-,8-6+. The highest BCUT2D eigenvalue weighted by molar-refractivity contribution is 5.75. The van der Waals surface area contributed by atoms with Crippen LogP contribution in [0.5, 0.6) is 0 Å². The maximum absolute atomic E-state index is 11.2. The van der Waals surface area contributed by atoms with Gasteiger partial charge in [-0.2, -0.15) is 0 Å². The van der Waals surface area contributed by atoms with Gasteiger partial charge in [0.1, 0.15) is 0 Å². The summed E-state index contributed by atoms with van der Waals surface area (Å²) in [4.78, 5) is 15.4. The molecule has 0 unspecified atom stereocenters. The molecule has 1 fully saturated rings. The second-order valence-electron chi connectivity index (χ2n) is 5.09. The highest BCUT2D eigenvalue weighted by Crippen LogP contribution is 2.01. The van der Waals surface area contributed by atoms with Gasteiger partial charge in [-0.25, -0.2) is 0 Å². The van der Waals surface area contributed by atoms with Gasteiger partial charge in [-0.3, -0.25) is 4.79 Å². The number of amides is 1. The number of carbonyl (C=O) groups excluding carboxylic acids is 1. The Bertz CT molecular complexity index is 377. The monoisotopic (exact) mass is 277 g/mol. The van der Waals surface area contributed by atoms with Gasteiger partial charge in [0.15, 0.2) is 0 Å². The molecule has 20 heavy (non-hydrogen) atoms. The van der Waals surface area contributed by atoms with E-state index in [4.69, 9.17) is 5.73 Å². The van der Waals surface area contributed by atoms with E-state index >= 15 is 0 Å². The molecule has 0 aromatic carbocycles. The van der Waals surface area contributed by atoms with Crippen LogP contribution in [0, 0.1) is 0 Å². The van der Waals surface area contributed by atoms with Crippen molar-refractivity contribution in [2.75, 3.05) is 33.2 Å². The second-order valence-corrected chi connectivity index (χ2v) is 5.09. The molecule has 4 heteroatoms. The summed E-state index contributed by atoms with van der Waals surface area (Å²) in [5.41, 5.74) is 6.42. The van der Waals surface area contributed by atoms with E-state index in [1.54, 1.807) is 0 Å². The minimum Gasteiger partial charge on any atom is -0.399 e. The summed E-state index contributed by atoms with van der Waals surface area (Å²) < 4.78 is 0. The van der Waals surface area contributed by atoms with E-state index in [1.807, 2.05) is 24.0 Å². The Labute approximate surface area is 122 Å². The molecule has 0 aromatic rings. The van der Waals surface area contributed by atoms with Crippen LogP contribution in [-0.2, 0) is 4.79 Å². The third-order valence-electron chi connectivity index (χ3n) is 3.40. The minimum atomic E-state index is 0.290. The molecular weight excluding hydrogens is 250 g/mol. The van der Waals surface area contributed by atoms with Gasteiger partial charge < -0.3 is 15.5 Å². The second kappa shape index (κ2) is 9.37. The van der Waals surface area contributed by atoms with E-state index in [0.717, 1.165) is 44.7 Å². The van der Waals surface area contributed by atoms with E-state index in [1.165, 1.54) is 0 Å². The summed E-state index contributed by atoms with van der Waals surface area (Å²) in [6, 6.07) is 0. The molecule has 2 rings (SSSR count). The molecular formula is C16H27N3O. The molecule has 0 radical (unpaired) electrons. The molecule has 1 heterocycles. The van der Waals surface area contributed by atoms with Crippen molar-refractivity contribution >= 4 is 5.91 Å². The fraction of sp³-hybridized carbons (Fsp3) is 0.562. The quantitative estimate of drug-likeness (QED) is 0.745. The van der Waals surface area contributed by atoms with E-state index in [9.17, 15) is 4.79 Å². The number of rotatable bonds is 1. The number of allylic oxidation sites excluding steroid dienone is 5. The predicted molar refractivity (Wildman–Crippen MR) is 84.2 cm³/mol. The molecule has 1 aliphatic heterocycles. The summed E-state index contributed by atoms with van der Waals surface area (Å²) in [6.45, 7) is 5.77. The molecule has 0 saturated carbocycles. The van der Waals surface area contributed by atoms with Gasteiger partial charge >= 0.3 is 0 Å². The molecule has 0 bridgehead atoms. The predicted octanol–water partition coefficient (Wildman–Crippen LogP) is 1.91. The third kappa shape index (κ3) is 6.57. The van der Waals surface area contributed by atoms with Gasteiger partial charge in [0.05, 0.1) is 0 Å². The molecule has 0 atom stereocenters. The molecule has 4 nitrogen and oxygen atoms in total. The fourth-order valence-electron chi connectivity index (χ4n) is 2.03. The lowest BCUT2D eigenvalue weighted by molar-refractivity contribution is -0.132. The van der Waals surface area contributed by atoms with Gasteiger partial charge in [0, 0.05) is 38.3 Å². The molecule has 112 valence electrons. The Morgan fingerprint density at radius 1 is 1.15 bits per heavy atom. The fourth-order valence-corrected chi connectivity index (χ4v) is 2.03.